The molecule has 0 bridgehead atoms. The molecule has 0 spiro atoms. The van der Waals surface area contributed by atoms with Gasteiger partial charge < -0.3 is 28.8 Å². The molecule has 0 aliphatic carbocycles. The van der Waals surface area contributed by atoms with Crippen molar-refractivity contribution in [3.05, 3.63) is 71.3 Å². The van der Waals surface area contributed by atoms with E-state index in [-0.39, 0.29) is 11.3 Å². The van der Waals surface area contributed by atoms with Crippen LogP contribution >= 0.6 is 11.3 Å². The maximum atomic E-state index is 13.8. The number of ketones is 1. The van der Waals surface area contributed by atoms with Crippen LogP contribution in [0.1, 0.15) is 37.4 Å². The Morgan fingerprint density at radius 1 is 1.00 bits per heavy atom. The molecule has 0 radical (unpaired) electrons. The van der Waals surface area contributed by atoms with E-state index in [1.807, 2.05) is 6.07 Å². The molecule has 3 aromatic carbocycles. The molecule has 3 heterocycles. The number of aliphatic hydroxyl groups excluding tert-OH is 1. The molecule has 0 unspecified atom stereocenters. The Bertz CT molecular complexity index is 1780. The van der Waals surface area contributed by atoms with Crippen LogP contribution in [0.5, 0.6) is 28.7 Å². The van der Waals surface area contributed by atoms with Crippen molar-refractivity contribution in [1.82, 2.24) is 4.98 Å². The Morgan fingerprint density at radius 3 is 2.55 bits per heavy atom. The summed E-state index contributed by atoms with van der Waals surface area (Å²) >= 11 is 1.25. The van der Waals surface area contributed by atoms with Crippen molar-refractivity contribution >= 4 is 44.1 Å². The van der Waals surface area contributed by atoms with Crippen molar-refractivity contribution in [2.75, 3.05) is 38.9 Å². The Kier molecular flexibility index (Phi) is 8.05. The molecule has 1 N–H and O–H groups in total. The number of hydrogen-bond acceptors (Lipinski definition) is 10. The predicted molar refractivity (Wildman–Crippen MR) is 166 cm³/mol. The van der Waals surface area contributed by atoms with Gasteiger partial charge in [-0.2, -0.15) is 0 Å². The highest BCUT2D eigenvalue weighted by atomic mass is 32.1. The third-order valence-electron chi connectivity index (χ3n) is 7.51. The van der Waals surface area contributed by atoms with Gasteiger partial charge in [-0.05, 0) is 66.4 Å². The number of nitrogens with zero attached hydrogens (tertiary/aromatic N) is 2. The highest BCUT2D eigenvalue weighted by Crippen LogP contribution is 2.46. The summed E-state index contributed by atoms with van der Waals surface area (Å²) in [6.45, 7) is 5.51. The first-order valence-electron chi connectivity index (χ1n) is 14.3. The van der Waals surface area contributed by atoms with Gasteiger partial charge in [-0.1, -0.05) is 31.3 Å². The van der Waals surface area contributed by atoms with Crippen LogP contribution in [0.25, 0.3) is 16.0 Å². The topological polar surface area (TPSA) is 117 Å². The van der Waals surface area contributed by atoms with Crippen molar-refractivity contribution in [2.45, 2.75) is 26.3 Å². The average molecular weight is 617 g/mol. The third kappa shape index (κ3) is 5.39. The summed E-state index contributed by atoms with van der Waals surface area (Å²) in [6, 6.07) is 14.5. The summed E-state index contributed by atoms with van der Waals surface area (Å²) < 4.78 is 29.1. The number of thiazole rings is 1. The third-order valence-corrected chi connectivity index (χ3v) is 8.52. The number of aliphatic hydroxyl groups is 1. The van der Waals surface area contributed by atoms with Gasteiger partial charge in [0.1, 0.15) is 24.7 Å². The molecule has 1 atom stereocenters. The zero-order valence-corrected chi connectivity index (χ0v) is 25.6. The van der Waals surface area contributed by atoms with Crippen LogP contribution in [-0.4, -0.2) is 55.8 Å². The lowest BCUT2D eigenvalue weighted by Crippen LogP contribution is -2.29. The largest absolute Gasteiger partial charge is 0.507 e. The van der Waals surface area contributed by atoms with E-state index < -0.39 is 17.7 Å². The summed E-state index contributed by atoms with van der Waals surface area (Å²) in [6.07, 6.45) is 0.864. The molecule has 0 saturated carbocycles. The monoisotopic (exact) mass is 616 g/mol. The Labute approximate surface area is 258 Å². The van der Waals surface area contributed by atoms with Gasteiger partial charge in [0, 0.05) is 5.56 Å². The Hall–Kier alpha value is -4.77. The summed E-state index contributed by atoms with van der Waals surface area (Å²) in [5.41, 5.74) is 1.41. The van der Waals surface area contributed by atoms with E-state index in [4.69, 9.17) is 28.7 Å². The van der Waals surface area contributed by atoms with Gasteiger partial charge in [0.05, 0.1) is 42.7 Å². The summed E-state index contributed by atoms with van der Waals surface area (Å²) in [5, 5.41) is 12.0. The second-order valence-electron chi connectivity index (χ2n) is 10.8. The molecular weight excluding hydrogens is 584 g/mol. The first kappa shape index (κ1) is 29.3. The van der Waals surface area contributed by atoms with Gasteiger partial charge in [-0.3, -0.25) is 14.5 Å². The van der Waals surface area contributed by atoms with E-state index in [0.717, 1.165) is 11.1 Å². The molecule has 1 aromatic heterocycles. The molecule has 4 aromatic rings. The summed E-state index contributed by atoms with van der Waals surface area (Å²) in [5.74, 6) is 1.07. The number of rotatable bonds is 9. The van der Waals surface area contributed by atoms with Gasteiger partial charge in [-0.25, -0.2) is 4.98 Å². The first-order chi connectivity index (χ1) is 21.3. The van der Waals surface area contributed by atoms with Crippen LogP contribution in [0.3, 0.4) is 0 Å². The lowest BCUT2D eigenvalue weighted by molar-refractivity contribution is -0.132. The molecule has 10 nitrogen and oxygen atoms in total. The number of fused-ring (bicyclic) bond motifs is 2. The molecule has 44 heavy (non-hydrogen) atoms. The minimum atomic E-state index is -1.01. The summed E-state index contributed by atoms with van der Waals surface area (Å²) in [7, 11) is 3.10. The fraction of sp³-hybridized carbons (Fsp3) is 0.303. The maximum absolute atomic E-state index is 13.8. The van der Waals surface area contributed by atoms with Crippen molar-refractivity contribution in [3.8, 4) is 28.7 Å². The van der Waals surface area contributed by atoms with Crippen LogP contribution in [0.2, 0.25) is 0 Å². The Morgan fingerprint density at radius 2 is 1.80 bits per heavy atom. The minimum absolute atomic E-state index is 0.0842. The second-order valence-corrected chi connectivity index (χ2v) is 11.8. The van der Waals surface area contributed by atoms with Crippen LogP contribution in [0.15, 0.2) is 60.2 Å². The van der Waals surface area contributed by atoms with Crippen molar-refractivity contribution in [1.29, 1.82) is 0 Å². The number of hydrogen-bond donors (Lipinski definition) is 1. The number of carbonyl (C=O) groups excluding carboxylic acids is 2. The van der Waals surface area contributed by atoms with Gasteiger partial charge in [-0.15, -0.1) is 0 Å². The number of aromatic nitrogens is 1. The van der Waals surface area contributed by atoms with E-state index in [9.17, 15) is 14.7 Å². The zero-order valence-electron chi connectivity index (χ0n) is 24.8. The smallest absolute Gasteiger partial charge is 0.301 e. The first-order valence-corrected chi connectivity index (χ1v) is 15.1. The van der Waals surface area contributed by atoms with Crippen molar-refractivity contribution < 1.29 is 38.4 Å². The maximum Gasteiger partial charge on any atom is 0.301 e. The molecule has 1 saturated heterocycles. The highest BCUT2D eigenvalue weighted by molar-refractivity contribution is 7.22. The van der Waals surface area contributed by atoms with E-state index in [1.54, 1.807) is 55.6 Å². The number of carbonyl (C=O) groups is 2. The van der Waals surface area contributed by atoms with Gasteiger partial charge in [0.15, 0.2) is 28.1 Å². The standard InChI is InChI=1S/C33H32N2O8S/c1-18(2)11-12-41-23-9-5-19(15-25(23)40-4)29-28(30(36)20-6-10-24-26(16-20)43-14-13-42-24)31(37)32(38)35(29)33-34-22-8-7-21(39-3)17-27(22)44-33/h5-10,15-18,29,36H,11-14H2,1-4H3/b30-28+/t29-/m1/s1. The van der Waals surface area contributed by atoms with Crippen LogP contribution in [0, 0.1) is 5.92 Å². The Balaban J connectivity index is 1.49. The molecular formula is C33H32N2O8S. The quantitative estimate of drug-likeness (QED) is 0.135. The van der Waals surface area contributed by atoms with Crippen molar-refractivity contribution in [3.63, 3.8) is 0 Å². The lowest BCUT2D eigenvalue weighted by atomic mass is 9.95. The van der Waals surface area contributed by atoms with Gasteiger partial charge >= 0.3 is 5.91 Å². The molecule has 2 aliphatic heterocycles. The fourth-order valence-corrected chi connectivity index (χ4v) is 6.21. The summed E-state index contributed by atoms with van der Waals surface area (Å²) in [4.78, 5) is 33.5. The molecule has 228 valence electrons. The van der Waals surface area contributed by atoms with Gasteiger partial charge in [0.25, 0.3) is 5.78 Å². The normalized spacial score (nSPS) is 17.4. The van der Waals surface area contributed by atoms with Crippen LogP contribution in [0.4, 0.5) is 5.13 Å². The minimum Gasteiger partial charge on any atom is -0.507 e. The van der Waals surface area contributed by atoms with E-state index in [1.165, 1.54) is 23.3 Å². The molecule has 1 amide bonds. The predicted octanol–water partition coefficient (Wildman–Crippen LogP) is 6.14. The number of ether oxygens (including phenoxy) is 5. The SMILES string of the molecule is COc1ccc2nc(N3C(=O)C(=O)/C(=C(/O)c4ccc5c(c4)OCCO5)[C@H]3c3ccc(OCCC(C)C)c(OC)c3)sc2c1. The number of Topliss-reactive ketones (excluding diaryl/α,β-unsaturated/α-hetero) is 1. The lowest BCUT2D eigenvalue weighted by Gasteiger charge is -2.24. The molecule has 6 rings (SSSR count). The van der Waals surface area contributed by atoms with Crippen LogP contribution in [-0.2, 0) is 9.59 Å². The second kappa shape index (κ2) is 12.1. The van der Waals surface area contributed by atoms with Crippen LogP contribution < -0.4 is 28.6 Å². The van der Waals surface area contributed by atoms with Gasteiger partial charge in [0.2, 0.25) is 0 Å². The van der Waals surface area contributed by atoms with Crippen molar-refractivity contribution in [2.24, 2.45) is 5.92 Å². The number of anilines is 1. The number of methoxy groups -OCH3 is 2. The molecule has 11 heteroatoms. The fourth-order valence-electron chi connectivity index (χ4n) is 5.19. The number of amides is 1. The molecule has 2 aliphatic rings. The zero-order chi connectivity index (χ0) is 31.0. The average Bonchev–Trinajstić information content (AvgIpc) is 3.57. The number of benzene rings is 3. The van der Waals surface area contributed by atoms with E-state index >= 15 is 0 Å². The van der Waals surface area contributed by atoms with E-state index in [0.29, 0.717) is 76.3 Å². The highest BCUT2D eigenvalue weighted by Gasteiger charge is 2.48. The molecule has 1 fully saturated rings. The van der Waals surface area contributed by atoms with E-state index in [2.05, 4.69) is 13.8 Å².